The summed E-state index contributed by atoms with van der Waals surface area (Å²) in [5, 5.41) is 14.3. The molecule has 1 saturated heterocycles. The van der Waals surface area contributed by atoms with E-state index >= 15 is 4.39 Å². The van der Waals surface area contributed by atoms with Gasteiger partial charge in [-0.1, -0.05) is 24.6 Å². The van der Waals surface area contributed by atoms with Crippen LogP contribution in [-0.4, -0.2) is 73.8 Å². The Balaban J connectivity index is 1.33. The van der Waals surface area contributed by atoms with E-state index in [1.807, 2.05) is 6.07 Å². The fourth-order valence-electron chi connectivity index (χ4n) is 5.29. The predicted molar refractivity (Wildman–Crippen MR) is 163 cm³/mol. The van der Waals surface area contributed by atoms with Gasteiger partial charge in [0.1, 0.15) is 29.6 Å². The first-order valence-electron chi connectivity index (χ1n) is 14.6. The fraction of sp³-hybridized carbons (Fsp3) is 0.571. The molecule has 6 atom stereocenters. The molecule has 0 radical (unpaired) electrons. The highest BCUT2D eigenvalue weighted by molar-refractivity contribution is 8.09. The quantitative estimate of drug-likeness (QED) is 0.190. The Hall–Kier alpha value is -2.94. The number of hydrogen-bond acceptors (Lipinski definition) is 12. The number of anilines is 1. The monoisotopic (exact) mass is 652 g/mol. The van der Waals surface area contributed by atoms with Crippen LogP contribution in [0.4, 0.5) is 10.3 Å². The van der Waals surface area contributed by atoms with Crippen molar-refractivity contribution >= 4 is 41.5 Å². The molecule has 4 N–H and O–H groups in total. The van der Waals surface area contributed by atoms with Crippen LogP contribution in [0.2, 0.25) is 0 Å². The van der Waals surface area contributed by atoms with Crippen molar-refractivity contribution in [2.24, 2.45) is 0 Å². The molecular weight excluding hydrogens is 614 g/mol. The van der Waals surface area contributed by atoms with Gasteiger partial charge < -0.3 is 34.1 Å². The summed E-state index contributed by atoms with van der Waals surface area (Å²) >= 11 is 5.79. The van der Waals surface area contributed by atoms with Gasteiger partial charge in [-0.2, -0.15) is 9.97 Å². The highest BCUT2D eigenvalue weighted by Crippen LogP contribution is 2.48. The number of benzene rings is 1. The summed E-state index contributed by atoms with van der Waals surface area (Å²) < 4.78 is 46.5. The van der Waals surface area contributed by atoms with Gasteiger partial charge >= 0.3 is 12.6 Å². The van der Waals surface area contributed by atoms with E-state index in [1.54, 1.807) is 38.1 Å². The zero-order valence-corrected chi connectivity index (χ0v) is 26.5. The number of nitrogens with zero attached hydrogens (tertiary/aromatic N) is 4. The molecule has 2 unspecified atom stereocenters. The maximum atomic E-state index is 15.8. The van der Waals surface area contributed by atoms with Crippen LogP contribution < -0.4 is 20.1 Å². The molecule has 2 aromatic heterocycles. The van der Waals surface area contributed by atoms with Crippen LogP contribution in [0, 0.1) is 0 Å². The normalized spacial score (nSPS) is 26.2. The first kappa shape index (κ1) is 32.5. The third-order valence-corrected chi connectivity index (χ3v) is 10.0. The van der Waals surface area contributed by atoms with Crippen molar-refractivity contribution in [1.82, 2.24) is 24.6 Å². The van der Waals surface area contributed by atoms with Crippen LogP contribution in [-0.2, 0) is 30.6 Å². The number of carbonyl (C=O) groups is 1. The lowest BCUT2D eigenvalue weighted by molar-refractivity contribution is -0.152. The highest BCUT2D eigenvalue weighted by Gasteiger charge is 2.55. The zero-order valence-electron chi connectivity index (χ0n) is 24.8. The molecule has 240 valence electrons. The van der Waals surface area contributed by atoms with Gasteiger partial charge in [0, 0.05) is 0 Å². The molecular formula is C28H38FN6O7PS. The van der Waals surface area contributed by atoms with Crippen molar-refractivity contribution in [3.05, 3.63) is 36.7 Å². The number of imidazole rings is 1. The molecule has 1 aromatic carbocycles. The summed E-state index contributed by atoms with van der Waals surface area (Å²) in [4.78, 5) is 25.5. The molecule has 0 amide bonds. The molecule has 13 nitrogen and oxygen atoms in total. The molecule has 0 bridgehead atoms. The number of hydrogen-bond donors (Lipinski definition) is 3. The summed E-state index contributed by atoms with van der Waals surface area (Å²) in [5.41, 5.74) is 4.32. The van der Waals surface area contributed by atoms with Crippen molar-refractivity contribution in [3.8, 4) is 11.6 Å². The van der Waals surface area contributed by atoms with Crippen molar-refractivity contribution in [1.29, 1.82) is 0 Å². The van der Waals surface area contributed by atoms with E-state index in [-0.39, 0.29) is 29.1 Å². The molecule has 1 saturated carbocycles. The van der Waals surface area contributed by atoms with Crippen molar-refractivity contribution < 1.29 is 37.5 Å². The van der Waals surface area contributed by atoms with E-state index in [0.717, 1.165) is 32.1 Å². The Bertz CT molecular complexity index is 1490. The predicted octanol–water partition coefficient (Wildman–Crippen LogP) is 3.97. The Morgan fingerprint density at radius 1 is 1.30 bits per heavy atom. The number of para-hydroxylation sites is 1. The smallest absolute Gasteiger partial charge is 0.323 e. The number of rotatable bonds is 12. The summed E-state index contributed by atoms with van der Waals surface area (Å²) in [6, 6.07) is 7.85. The second-order valence-corrected chi connectivity index (χ2v) is 14.2. The number of ether oxygens (including phenoxy) is 3. The lowest BCUT2D eigenvalue weighted by Gasteiger charge is -2.29. The minimum atomic E-state index is -3.48. The van der Waals surface area contributed by atoms with Crippen LogP contribution >= 0.6 is 6.64 Å². The van der Waals surface area contributed by atoms with Crippen molar-refractivity contribution in [2.45, 2.75) is 89.1 Å². The average molecular weight is 653 g/mol. The summed E-state index contributed by atoms with van der Waals surface area (Å²) in [7, 11) is 0. The fourth-order valence-corrected chi connectivity index (χ4v) is 7.71. The van der Waals surface area contributed by atoms with E-state index in [0.29, 0.717) is 12.4 Å². The number of fused-ring (bicyclic) bond motifs is 1. The molecule has 1 aliphatic carbocycles. The van der Waals surface area contributed by atoms with E-state index in [4.69, 9.17) is 40.8 Å². The van der Waals surface area contributed by atoms with Crippen LogP contribution in [0.3, 0.4) is 0 Å². The molecule has 2 fully saturated rings. The van der Waals surface area contributed by atoms with Crippen LogP contribution in [0.1, 0.15) is 59.1 Å². The lowest BCUT2D eigenvalue weighted by atomic mass is 9.98. The van der Waals surface area contributed by atoms with Gasteiger partial charge in [-0.3, -0.25) is 9.36 Å². The van der Waals surface area contributed by atoms with Crippen LogP contribution in [0.25, 0.3) is 11.2 Å². The molecule has 2 aliphatic rings. The first-order chi connectivity index (χ1) is 21.0. The number of carbonyl (C=O) groups excluding carboxylic acids is 1. The number of nitrogen functional groups attached to an aromatic ring is 1. The van der Waals surface area contributed by atoms with Gasteiger partial charge in [0.2, 0.25) is 11.8 Å². The number of nitrogens with two attached hydrogens (primary N) is 1. The number of aliphatic hydroxyl groups is 1. The average Bonchev–Trinajstić information content (AvgIpc) is 3.50. The summed E-state index contributed by atoms with van der Waals surface area (Å²) in [6.07, 6.45) is 1.55. The molecule has 1 aliphatic heterocycles. The SMILES string of the molecule is CCOc1nc(N)nc2c1ncn2[C@@H]1O[C@H](COP(=S)(NC(C)C(=O)OC2CCCCC2)Oc2ccccc2)[C@@H](F)[C@@]1(C)O. The van der Waals surface area contributed by atoms with Crippen molar-refractivity contribution in [2.75, 3.05) is 18.9 Å². The second kappa shape index (κ2) is 13.6. The Morgan fingerprint density at radius 3 is 2.73 bits per heavy atom. The largest absolute Gasteiger partial charge is 0.476 e. The molecule has 0 spiro atoms. The number of halogens is 1. The molecule has 3 aromatic rings. The number of esters is 1. The van der Waals surface area contributed by atoms with Gasteiger partial charge in [0.25, 0.3) is 0 Å². The van der Waals surface area contributed by atoms with Gasteiger partial charge in [-0.05, 0) is 70.4 Å². The van der Waals surface area contributed by atoms with Crippen LogP contribution in [0.15, 0.2) is 36.7 Å². The van der Waals surface area contributed by atoms with Gasteiger partial charge in [-0.25, -0.2) is 14.5 Å². The lowest BCUT2D eigenvalue weighted by Crippen LogP contribution is -2.42. The summed E-state index contributed by atoms with van der Waals surface area (Å²) in [6.45, 7) is 1.13. The Morgan fingerprint density at radius 2 is 2.02 bits per heavy atom. The number of aromatic nitrogens is 4. The number of alkyl halides is 1. The highest BCUT2D eigenvalue weighted by atomic mass is 32.5. The summed E-state index contributed by atoms with van der Waals surface area (Å²) in [5.74, 6) is -0.00555. The molecule has 3 heterocycles. The standard InChI is InChI=1S/C28H38FN6O7PS/c1-4-38-24-21-23(32-27(30)33-24)35(16-31-21)26-28(3,37)22(29)20(41-26)15-39-43(44,42-19-13-9-6-10-14-19)34-17(2)25(36)40-18-11-7-5-8-12-18/h6,9-10,13-14,16-18,20,22,26,37H,4-5,7-8,11-12,15H2,1-3H3,(H,34,44)(H2,30,32,33)/t17?,20-,22-,26-,28-,43?/m1/s1. The van der Waals surface area contributed by atoms with Crippen LogP contribution in [0.5, 0.6) is 11.6 Å². The Kier molecular flexibility index (Phi) is 10.0. The molecule has 44 heavy (non-hydrogen) atoms. The zero-order chi connectivity index (χ0) is 31.5. The maximum absolute atomic E-state index is 15.8. The minimum absolute atomic E-state index is 0.0852. The van der Waals surface area contributed by atoms with E-state index in [9.17, 15) is 9.90 Å². The third-order valence-electron chi connectivity index (χ3n) is 7.55. The van der Waals surface area contributed by atoms with Gasteiger partial charge in [-0.15, -0.1) is 0 Å². The first-order valence-corrected chi connectivity index (χ1v) is 17.3. The molecule has 16 heteroatoms. The van der Waals surface area contributed by atoms with Crippen molar-refractivity contribution in [3.63, 3.8) is 0 Å². The minimum Gasteiger partial charge on any atom is -0.476 e. The van der Waals surface area contributed by atoms with Gasteiger partial charge in [0.15, 0.2) is 23.6 Å². The topological polar surface area (TPSA) is 165 Å². The Labute approximate surface area is 259 Å². The maximum Gasteiger partial charge on any atom is 0.323 e. The van der Waals surface area contributed by atoms with E-state index in [2.05, 4.69) is 20.0 Å². The van der Waals surface area contributed by atoms with Gasteiger partial charge in [0.05, 0.1) is 19.5 Å². The van der Waals surface area contributed by atoms with E-state index < -0.39 is 49.4 Å². The van der Waals surface area contributed by atoms with E-state index in [1.165, 1.54) is 17.8 Å². The second-order valence-electron chi connectivity index (χ2n) is 11.0. The molecule has 5 rings (SSSR count). The number of nitrogens with one attached hydrogen (secondary N) is 1. The third kappa shape index (κ3) is 7.13.